The fourth-order valence-corrected chi connectivity index (χ4v) is 2.14. The minimum Gasteiger partial charge on any atom is -0.494 e. The molecule has 0 aromatic heterocycles. The van der Waals surface area contributed by atoms with Gasteiger partial charge >= 0.3 is 5.97 Å². The third-order valence-electron chi connectivity index (χ3n) is 3.39. The zero-order chi connectivity index (χ0) is 17.5. The molecule has 0 bridgehead atoms. The Labute approximate surface area is 139 Å². The highest BCUT2D eigenvalue weighted by Crippen LogP contribution is 2.18. The first kappa shape index (κ1) is 17.5. The molecule has 24 heavy (non-hydrogen) atoms. The average Bonchev–Trinajstić information content (AvgIpc) is 2.60. The zero-order valence-corrected chi connectivity index (χ0v) is 13.5. The predicted octanol–water partition coefficient (Wildman–Crippen LogP) is 3.19. The largest absolute Gasteiger partial charge is 0.494 e. The lowest BCUT2D eigenvalue weighted by molar-refractivity contribution is -0.119. The lowest BCUT2D eigenvalue weighted by Crippen LogP contribution is -2.21. The molecular weight excluding hydrogens is 313 g/mol. The maximum Gasteiger partial charge on any atom is 0.338 e. The highest BCUT2D eigenvalue weighted by Gasteiger charge is 2.13. The molecule has 1 N–H and O–H groups in total. The lowest BCUT2D eigenvalue weighted by Gasteiger charge is -2.10. The summed E-state index contributed by atoms with van der Waals surface area (Å²) in [5, 5.41) is 2.69. The van der Waals surface area contributed by atoms with Crippen LogP contribution in [0.1, 0.15) is 22.8 Å². The second-order valence-corrected chi connectivity index (χ2v) is 4.98. The van der Waals surface area contributed by atoms with Crippen LogP contribution in [0.5, 0.6) is 5.75 Å². The van der Waals surface area contributed by atoms with Gasteiger partial charge in [0.05, 0.1) is 12.7 Å². The van der Waals surface area contributed by atoms with Gasteiger partial charge in [-0.25, -0.2) is 9.18 Å². The number of hydrogen-bond donors (Lipinski definition) is 1. The molecule has 2 rings (SSSR count). The number of ether oxygens (including phenoxy) is 2. The Kier molecular flexibility index (Phi) is 5.89. The van der Waals surface area contributed by atoms with Gasteiger partial charge in [0.2, 0.25) is 0 Å². The molecule has 0 spiro atoms. The number of anilines is 1. The van der Waals surface area contributed by atoms with Gasteiger partial charge in [-0.3, -0.25) is 4.79 Å². The first-order valence-electron chi connectivity index (χ1n) is 7.43. The van der Waals surface area contributed by atoms with Crippen LogP contribution >= 0.6 is 0 Å². The van der Waals surface area contributed by atoms with Gasteiger partial charge in [-0.15, -0.1) is 0 Å². The summed E-state index contributed by atoms with van der Waals surface area (Å²) in [7, 11) is 1.33. The van der Waals surface area contributed by atoms with Crippen molar-refractivity contribution >= 4 is 17.6 Å². The molecule has 2 aromatic carbocycles. The average molecular weight is 331 g/mol. The number of esters is 1. The maximum absolute atomic E-state index is 13.6. The molecule has 2 aromatic rings. The summed E-state index contributed by atoms with van der Waals surface area (Å²) in [6.07, 6.45) is 0.765. The molecule has 126 valence electrons. The number of amides is 1. The van der Waals surface area contributed by atoms with Gasteiger partial charge in [0.15, 0.2) is 18.2 Å². The highest BCUT2D eigenvalue weighted by atomic mass is 19.1. The molecule has 0 aliphatic carbocycles. The summed E-state index contributed by atoms with van der Waals surface area (Å²) in [6.45, 7) is 1.52. The van der Waals surface area contributed by atoms with Gasteiger partial charge in [-0.05, 0) is 36.2 Å². The molecule has 1 amide bonds. The summed E-state index contributed by atoms with van der Waals surface area (Å²) < 4.78 is 23.2. The van der Waals surface area contributed by atoms with Crippen LogP contribution in [0.3, 0.4) is 0 Å². The summed E-state index contributed by atoms with van der Waals surface area (Å²) in [4.78, 5) is 23.8. The number of benzene rings is 2. The Morgan fingerprint density at radius 1 is 1.17 bits per heavy atom. The Morgan fingerprint density at radius 2 is 1.92 bits per heavy atom. The topological polar surface area (TPSA) is 64.6 Å². The minimum atomic E-state index is -0.782. The van der Waals surface area contributed by atoms with E-state index in [4.69, 9.17) is 9.47 Å². The standard InChI is InChI=1S/C18H18FNO4/c1-3-12-6-4-5-7-15(12)20-17(21)11-24-18(22)13-8-9-16(23-2)14(19)10-13/h4-10H,3,11H2,1-2H3,(H,20,21). The van der Waals surface area contributed by atoms with Crippen LogP contribution in [0.15, 0.2) is 42.5 Å². The van der Waals surface area contributed by atoms with Crippen molar-refractivity contribution in [3.05, 3.63) is 59.4 Å². The first-order chi connectivity index (χ1) is 11.5. The Hall–Kier alpha value is -2.89. The van der Waals surface area contributed by atoms with Crippen molar-refractivity contribution in [2.24, 2.45) is 0 Å². The van der Waals surface area contributed by atoms with E-state index in [1.807, 2.05) is 19.1 Å². The highest BCUT2D eigenvalue weighted by molar-refractivity contribution is 5.96. The quantitative estimate of drug-likeness (QED) is 0.826. The third kappa shape index (κ3) is 4.32. The SMILES string of the molecule is CCc1ccccc1NC(=O)COC(=O)c1ccc(OC)c(F)c1. The summed E-state index contributed by atoms with van der Waals surface area (Å²) in [6, 6.07) is 11.1. The minimum absolute atomic E-state index is 0.00931. The van der Waals surface area contributed by atoms with Gasteiger partial charge < -0.3 is 14.8 Å². The summed E-state index contributed by atoms with van der Waals surface area (Å²) in [5.41, 5.74) is 1.67. The van der Waals surface area contributed by atoms with Crippen LogP contribution in [0.25, 0.3) is 0 Å². The monoisotopic (exact) mass is 331 g/mol. The van der Waals surface area contributed by atoms with Crippen molar-refractivity contribution in [2.45, 2.75) is 13.3 Å². The maximum atomic E-state index is 13.6. The second kappa shape index (κ2) is 8.10. The number of hydrogen-bond acceptors (Lipinski definition) is 4. The third-order valence-corrected chi connectivity index (χ3v) is 3.39. The number of methoxy groups -OCH3 is 1. The van der Waals surface area contributed by atoms with E-state index in [9.17, 15) is 14.0 Å². The van der Waals surface area contributed by atoms with Crippen molar-refractivity contribution in [1.82, 2.24) is 0 Å². The van der Waals surface area contributed by atoms with Gasteiger partial charge in [0.25, 0.3) is 5.91 Å². The van der Waals surface area contributed by atoms with E-state index < -0.39 is 24.3 Å². The zero-order valence-electron chi connectivity index (χ0n) is 13.5. The molecule has 0 saturated carbocycles. The van der Waals surface area contributed by atoms with Gasteiger partial charge in [-0.1, -0.05) is 25.1 Å². The second-order valence-electron chi connectivity index (χ2n) is 4.98. The van der Waals surface area contributed by atoms with E-state index in [0.29, 0.717) is 5.69 Å². The molecule has 6 heteroatoms. The van der Waals surface area contributed by atoms with Crippen LogP contribution < -0.4 is 10.1 Å². The molecule has 0 heterocycles. The van der Waals surface area contributed by atoms with Crippen LogP contribution in [0.4, 0.5) is 10.1 Å². The Morgan fingerprint density at radius 3 is 2.58 bits per heavy atom. The van der Waals surface area contributed by atoms with Crippen molar-refractivity contribution in [3.63, 3.8) is 0 Å². The number of para-hydroxylation sites is 1. The number of aryl methyl sites for hydroxylation is 1. The first-order valence-corrected chi connectivity index (χ1v) is 7.43. The molecule has 0 aliphatic rings. The number of carbonyl (C=O) groups excluding carboxylic acids is 2. The molecule has 0 saturated heterocycles. The molecule has 0 unspecified atom stereocenters. The molecule has 5 nitrogen and oxygen atoms in total. The number of carbonyl (C=O) groups is 2. The molecule has 0 radical (unpaired) electrons. The fraction of sp³-hybridized carbons (Fsp3) is 0.222. The van der Waals surface area contributed by atoms with E-state index in [1.165, 1.54) is 19.2 Å². The van der Waals surface area contributed by atoms with Crippen molar-refractivity contribution < 1.29 is 23.5 Å². The fourth-order valence-electron chi connectivity index (χ4n) is 2.14. The summed E-state index contributed by atoms with van der Waals surface area (Å²) in [5.74, 6) is -1.89. The smallest absolute Gasteiger partial charge is 0.338 e. The van der Waals surface area contributed by atoms with E-state index in [0.717, 1.165) is 18.1 Å². The molecule has 0 aliphatic heterocycles. The van der Waals surface area contributed by atoms with E-state index in [1.54, 1.807) is 12.1 Å². The number of rotatable bonds is 6. The van der Waals surface area contributed by atoms with Crippen LogP contribution in [0.2, 0.25) is 0 Å². The number of halogens is 1. The van der Waals surface area contributed by atoms with Crippen LogP contribution in [-0.2, 0) is 16.0 Å². The van der Waals surface area contributed by atoms with Crippen molar-refractivity contribution in [2.75, 3.05) is 19.0 Å². The normalized spacial score (nSPS) is 10.1. The van der Waals surface area contributed by atoms with Crippen molar-refractivity contribution in [1.29, 1.82) is 0 Å². The van der Waals surface area contributed by atoms with Gasteiger partial charge in [-0.2, -0.15) is 0 Å². The predicted molar refractivity (Wildman–Crippen MR) is 87.7 cm³/mol. The van der Waals surface area contributed by atoms with E-state index in [2.05, 4.69) is 5.32 Å². The molecule has 0 atom stereocenters. The van der Waals surface area contributed by atoms with E-state index >= 15 is 0 Å². The van der Waals surface area contributed by atoms with Gasteiger partial charge in [0.1, 0.15) is 0 Å². The number of nitrogens with one attached hydrogen (secondary N) is 1. The Bertz CT molecular complexity index is 746. The molecular formula is C18H18FNO4. The van der Waals surface area contributed by atoms with E-state index in [-0.39, 0.29) is 11.3 Å². The summed E-state index contributed by atoms with van der Waals surface area (Å²) >= 11 is 0. The van der Waals surface area contributed by atoms with Crippen LogP contribution in [0, 0.1) is 5.82 Å². The van der Waals surface area contributed by atoms with Crippen molar-refractivity contribution in [3.8, 4) is 5.75 Å². The van der Waals surface area contributed by atoms with Gasteiger partial charge in [0, 0.05) is 5.69 Å². The lowest BCUT2D eigenvalue weighted by atomic mass is 10.1. The van der Waals surface area contributed by atoms with Crippen LogP contribution in [-0.4, -0.2) is 25.6 Å². The Balaban J connectivity index is 1.94. The molecule has 0 fully saturated rings.